The molecule has 0 radical (unpaired) electrons. The first-order valence-electron chi connectivity index (χ1n) is 6.08. The molecule has 1 rings (SSSR count). The van der Waals surface area contributed by atoms with Gasteiger partial charge in [-0.3, -0.25) is 4.79 Å². The van der Waals surface area contributed by atoms with E-state index < -0.39 is 18.0 Å². The lowest BCUT2D eigenvalue weighted by Crippen LogP contribution is -2.31. The van der Waals surface area contributed by atoms with E-state index in [9.17, 15) is 9.59 Å². The van der Waals surface area contributed by atoms with Gasteiger partial charge in [-0.25, -0.2) is 4.79 Å². The summed E-state index contributed by atoms with van der Waals surface area (Å²) < 4.78 is 14.6. The van der Waals surface area contributed by atoms with Crippen LogP contribution >= 0.6 is 11.8 Å². The molecule has 6 nitrogen and oxygen atoms in total. The van der Waals surface area contributed by atoms with Crippen LogP contribution in [0.4, 0.5) is 0 Å². The normalized spacial score (nSPS) is 12.0. The van der Waals surface area contributed by atoms with E-state index in [1.54, 1.807) is 24.8 Å². The lowest BCUT2D eigenvalue weighted by Gasteiger charge is -2.07. The molecule has 0 aliphatic heterocycles. The van der Waals surface area contributed by atoms with E-state index in [0.29, 0.717) is 23.7 Å². The molecule has 2 N–H and O–H groups in total. The Balaban J connectivity index is 2.40. The first kappa shape index (κ1) is 16.6. The topological polar surface area (TPSA) is 91.8 Å². The first-order valence-corrected chi connectivity index (χ1v) is 7.23. The second-order valence-electron chi connectivity index (χ2n) is 4.19. The smallest absolute Gasteiger partial charge is 0.374 e. The van der Waals surface area contributed by atoms with Crippen molar-refractivity contribution in [1.29, 1.82) is 0 Å². The Bertz CT molecular complexity index is 471. The van der Waals surface area contributed by atoms with Gasteiger partial charge in [0.1, 0.15) is 11.8 Å². The molecule has 0 spiro atoms. The largest absolute Gasteiger partial charge is 0.468 e. The summed E-state index contributed by atoms with van der Waals surface area (Å²) in [6.07, 6.45) is 0.529. The van der Waals surface area contributed by atoms with Crippen molar-refractivity contribution < 1.29 is 23.5 Å². The maximum Gasteiger partial charge on any atom is 0.374 e. The SMILES string of the molecule is COC(=O)c1oc(CSCCC(N)C(=O)OC)cc1C. The van der Waals surface area contributed by atoms with Gasteiger partial charge in [0.05, 0.1) is 20.0 Å². The minimum absolute atomic E-state index is 0.231. The Labute approximate surface area is 122 Å². The number of hydrogen-bond acceptors (Lipinski definition) is 7. The number of ether oxygens (including phenoxy) is 2. The van der Waals surface area contributed by atoms with Crippen LogP contribution in [0.25, 0.3) is 0 Å². The molecule has 0 saturated heterocycles. The summed E-state index contributed by atoms with van der Waals surface area (Å²) in [6.45, 7) is 1.79. The van der Waals surface area contributed by atoms with Crippen LogP contribution in [0, 0.1) is 6.92 Å². The van der Waals surface area contributed by atoms with Crippen LogP contribution in [0.5, 0.6) is 0 Å². The van der Waals surface area contributed by atoms with Crippen molar-refractivity contribution in [2.75, 3.05) is 20.0 Å². The summed E-state index contributed by atoms with van der Waals surface area (Å²) in [5, 5.41) is 0. The van der Waals surface area contributed by atoms with E-state index >= 15 is 0 Å². The van der Waals surface area contributed by atoms with Gasteiger partial charge in [0.25, 0.3) is 0 Å². The summed E-state index contributed by atoms with van der Waals surface area (Å²) in [5.74, 6) is 1.34. The Morgan fingerprint density at radius 2 is 2.10 bits per heavy atom. The molecular formula is C13H19NO5S. The van der Waals surface area contributed by atoms with Gasteiger partial charge >= 0.3 is 11.9 Å². The van der Waals surface area contributed by atoms with Crippen molar-refractivity contribution in [3.8, 4) is 0 Å². The number of thioether (sulfide) groups is 1. The molecule has 0 saturated carbocycles. The van der Waals surface area contributed by atoms with E-state index in [1.165, 1.54) is 14.2 Å². The molecule has 112 valence electrons. The third kappa shape index (κ3) is 4.57. The predicted octanol–water partition coefficient (Wildman–Crippen LogP) is 1.50. The fourth-order valence-electron chi connectivity index (χ4n) is 1.57. The van der Waals surface area contributed by atoms with Crippen LogP contribution in [0.1, 0.15) is 28.3 Å². The van der Waals surface area contributed by atoms with Crippen molar-refractivity contribution in [2.45, 2.75) is 25.1 Å². The van der Waals surface area contributed by atoms with Crippen molar-refractivity contribution in [3.05, 3.63) is 23.2 Å². The minimum Gasteiger partial charge on any atom is -0.468 e. The number of methoxy groups -OCH3 is 2. The Morgan fingerprint density at radius 3 is 2.70 bits per heavy atom. The van der Waals surface area contributed by atoms with Crippen LogP contribution in [0.3, 0.4) is 0 Å². The number of aryl methyl sites for hydroxylation is 1. The van der Waals surface area contributed by atoms with Gasteiger partial charge < -0.3 is 19.6 Å². The number of nitrogens with two attached hydrogens (primary N) is 1. The average Bonchev–Trinajstić information content (AvgIpc) is 2.82. The van der Waals surface area contributed by atoms with Gasteiger partial charge in [-0.05, 0) is 25.2 Å². The highest BCUT2D eigenvalue weighted by molar-refractivity contribution is 7.98. The van der Waals surface area contributed by atoms with Crippen molar-refractivity contribution in [3.63, 3.8) is 0 Å². The zero-order valence-electron chi connectivity index (χ0n) is 11.8. The third-order valence-corrected chi connectivity index (χ3v) is 3.67. The molecule has 0 bridgehead atoms. The molecular weight excluding hydrogens is 282 g/mol. The van der Waals surface area contributed by atoms with E-state index in [1.807, 2.05) is 0 Å². The summed E-state index contributed by atoms with van der Waals surface area (Å²) in [7, 11) is 2.63. The van der Waals surface area contributed by atoms with Gasteiger partial charge in [0.2, 0.25) is 5.76 Å². The Hall–Kier alpha value is -1.47. The van der Waals surface area contributed by atoms with Crippen LogP contribution in [0.15, 0.2) is 10.5 Å². The second kappa shape index (κ2) is 7.96. The molecule has 1 unspecified atom stereocenters. The molecule has 7 heteroatoms. The molecule has 0 fully saturated rings. The number of furan rings is 1. The van der Waals surface area contributed by atoms with Crippen molar-refractivity contribution >= 4 is 23.7 Å². The highest BCUT2D eigenvalue weighted by atomic mass is 32.2. The molecule has 1 aromatic rings. The molecule has 0 aromatic carbocycles. The fraction of sp³-hybridized carbons (Fsp3) is 0.538. The number of rotatable bonds is 7. The van der Waals surface area contributed by atoms with Gasteiger partial charge in [-0.15, -0.1) is 0 Å². The van der Waals surface area contributed by atoms with Crippen molar-refractivity contribution in [2.24, 2.45) is 5.73 Å². The Kier molecular flexibility index (Phi) is 6.60. The Morgan fingerprint density at radius 1 is 1.40 bits per heavy atom. The third-order valence-electron chi connectivity index (χ3n) is 2.66. The molecule has 0 aliphatic carbocycles. The predicted molar refractivity (Wildman–Crippen MR) is 75.6 cm³/mol. The minimum atomic E-state index is -0.600. The van der Waals surface area contributed by atoms with Crippen LogP contribution < -0.4 is 5.73 Å². The van der Waals surface area contributed by atoms with E-state index in [-0.39, 0.29) is 5.76 Å². The van der Waals surface area contributed by atoms with E-state index in [2.05, 4.69) is 9.47 Å². The van der Waals surface area contributed by atoms with E-state index in [0.717, 1.165) is 5.56 Å². The molecule has 0 amide bonds. The maximum atomic E-state index is 11.4. The molecule has 0 aliphatic rings. The van der Waals surface area contributed by atoms with Crippen molar-refractivity contribution in [1.82, 2.24) is 0 Å². The van der Waals surface area contributed by atoms with Gasteiger partial charge in [-0.1, -0.05) is 0 Å². The summed E-state index contributed by atoms with van der Waals surface area (Å²) in [5.41, 5.74) is 6.37. The summed E-state index contributed by atoms with van der Waals surface area (Å²) in [4.78, 5) is 22.5. The number of esters is 2. The molecule has 1 heterocycles. The van der Waals surface area contributed by atoms with Gasteiger partial charge in [0, 0.05) is 5.56 Å². The fourth-order valence-corrected chi connectivity index (χ4v) is 2.48. The zero-order chi connectivity index (χ0) is 15.1. The van der Waals surface area contributed by atoms with Crippen LogP contribution in [-0.4, -0.2) is 38.0 Å². The van der Waals surface area contributed by atoms with E-state index in [4.69, 9.17) is 10.2 Å². The lowest BCUT2D eigenvalue weighted by molar-refractivity contribution is -0.142. The zero-order valence-corrected chi connectivity index (χ0v) is 12.6. The standard InChI is InChI=1S/C13H19NO5S/c1-8-6-9(19-11(8)13(16)18-3)7-20-5-4-10(14)12(15)17-2/h6,10H,4-5,7,14H2,1-3H3. The number of carbonyl (C=O) groups excluding carboxylic acids is 2. The summed E-state index contributed by atoms with van der Waals surface area (Å²) >= 11 is 1.57. The first-order chi connectivity index (χ1) is 9.49. The number of hydrogen-bond donors (Lipinski definition) is 1. The maximum absolute atomic E-state index is 11.4. The highest BCUT2D eigenvalue weighted by Crippen LogP contribution is 2.20. The van der Waals surface area contributed by atoms with Gasteiger partial charge in [0.15, 0.2) is 0 Å². The molecule has 1 atom stereocenters. The average molecular weight is 301 g/mol. The monoisotopic (exact) mass is 301 g/mol. The molecule has 20 heavy (non-hydrogen) atoms. The molecule has 1 aromatic heterocycles. The van der Waals surface area contributed by atoms with Gasteiger partial charge in [-0.2, -0.15) is 11.8 Å². The lowest BCUT2D eigenvalue weighted by atomic mass is 10.2. The second-order valence-corrected chi connectivity index (χ2v) is 5.29. The summed E-state index contributed by atoms with van der Waals surface area (Å²) in [6, 6.07) is 1.20. The number of carbonyl (C=O) groups is 2. The van der Waals surface area contributed by atoms with Crippen LogP contribution in [-0.2, 0) is 20.0 Å². The quantitative estimate of drug-likeness (QED) is 0.602. The van der Waals surface area contributed by atoms with Crippen LogP contribution in [0.2, 0.25) is 0 Å². The highest BCUT2D eigenvalue weighted by Gasteiger charge is 2.16.